The summed E-state index contributed by atoms with van der Waals surface area (Å²) >= 11 is 0. The maximum atomic E-state index is 5.82. The first-order chi connectivity index (χ1) is 7.98. The zero-order valence-corrected chi connectivity index (χ0v) is 12.3. The van der Waals surface area contributed by atoms with Gasteiger partial charge in [0.2, 0.25) is 0 Å². The van der Waals surface area contributed by atoms with Gasteiger partial charge in [0.15, 0.2) is 5.79 Å². The van der Waals surface area contributed by atoms with E-state index in [1.165, 1.54) is 18.9 Å². The molecule has 3 rings (SSSR count). The summed E-state index contributed by atoms with van der Waals surface area (Å²) in [6, 6.07) is 1.47. The van der Waals surface area contributed by atoms with Crippen LogP contribution in [0.5, 0.6) is 0 Å². The molecular formula is C14H24O2Si. The molecule has 96 valence electrons. The number of allylic oxidation sites excluding steroid dienone is 1. The molecule has 1 heterocycles. The Morgan fingerprint density at radius 3 is 2.53 bits per heavy atom. The van der Waals surface area contributed by atoms with E-state index in [2.05, 4.69) is 19.6 Å². The van der Waals surface area contributed by atoms with Crippen LogP contribution in [0, 0.1) is 5.92 Å². The van der Waals surface area contributed by atoms with Gasteiger partial charge in [0.05, 0.1) is 13.2 Å². The predicted molar refractivity (Wildman–Crippen MR) is 71.8 cm³/mol. The summed E-state index contributed by atoms with van der Waals surface area (Å²) in [7, 11) is -0.903. The van der Waals surface area contributed by atoms with Crippen molar-refractivity contribution in [2.75, 3.05) is 13.2 Å². The van der Waals surface area contributed by atoms with E-state index in [0.717, 1.165) is 32.0 Å². The number of hydrogen-bond acceptors (Lipinski definition) is 2. The number of rotatable bonds is 2. The van der Waals surface area contributed by atoms with Crippen molar-refractivity contribution >= 4 is 8.07 Å². The Morgan fingerprint density at radius 2 is 1.94 bits per heavy atom. The van der Waals surface area contributed by atoms with Crippen molar-refractivity contribution in [1.82, 2.24) is 0 Å². The fraction of sp³-hybridized carbons (Fsp3) is 0.857. The minimum Gasteiger partial charge on any atom is -0.347 e. The third kappa shape index (κ3) is 2.25. The molecule has 0 aromatic rings. The summed E-state index contributed by atoms with van der Waals surface area (Å²) < 4.78 is 11.6. The normalized spacial score (nSPS) is 31.6. The van der Waals surface area contributed by atoms with Crippen LogP contribution in [-0.2, 0) is 9.47 Å². The highest BCUT2D eigenvalue weighted by Crippen LogP contribution is 2.51. The summed E-state index contributed by atoms with van der Waals surface area (Å²) in [4.78, 5) is 0. The Hall–Kier alpha value is -0.123. The minimum atomic E-state index is -0.903. The first kappa shape index (κ1) is 11.9. The van der Waals surface area contributed by atoms with Gasteiger partial charge in [-0.15, -0.1) is 0 Å². The average Bonchev–Trinajstić information content (AvgIpc) is 2.62. The van der Waals surface area contributed by atoms with E-state index in [1.54, 1.807) is 11.1 Å². The lowest BCUT2D eigenvalue weighted by Gasteiger charge is -2.45. The van der Waals surface area contributed by atoms with Crippen molar-refractivity contribution in [3.05, 3.63) is 11.1 Å². The summed E-state index contributed by atoms with van der Waals surface area (Å²) in [6.45, 7) is 9.04. The molecule has 0 aromatic heterocycles. The molecule has 0 bridgehead atoms. The van der Waals surface area contributed by atoms with Crippen LogP contribution in [0.4, 0.5) is 0 Å². The molecule has 3 heteroatoms. The molecule has 1 unspecified atom stereocenters. The van der Waals surface area contributed by atoms with Crippen molar-refractivity contribution in [2.24, 2.45) is 5.92 Å². The van der Waals surface area contributed by atoms with Gasteiger partial charge in [-0.25, -0.2) is 0 Å². The van der Waals surface area contributed by atoms with Crippen molar-refractivity contribution in [3.8, 4) is 0 Å². The molecule has 0 saturated carbocycles. The lowest BCUT2D eigenvalue weighted by atomic mass is 9.69. The van der Waals surface area contributed by atoms with Gasteiger partial charge < -0.3 is 9.47 Å². The first-order valence-electron chi connectivity index (χ1n) is 6.96. The third-order valence-electron chi connectivity index (χ3n) is 4.37. The molecule has 1 spiro atoms. The summed E-state index contributed by atoms with van der Waals surface area (Å²) in [5.74, 6) is 0.707. The van der Waals surface area contributed by atoms with E-state index < -0.39 is 8.07 Å². The zero-order chi connectivity index (χ0) is 12.1. The van der Waals surface area contributed by atoms with Crippen LogP contribution in [0.25, 0.3) is 0 Å². The Labute approximate surface area is 105 Å². The van der Waals surface area contributed by atoms with Crippen LogP contribution in [0.15, 0.2) is 11.1 Å². The van der Waals surface area contributed by atoms with Crippen LogP contribution in [0.2, 0.25) is 25.7 Å². The lowest BCUT2D eigenvalue weighted by Crippen LogP contribution is -2.40. The number of ether oxygens (including phenoxy) is 2. The monoisotopic (exact) mass is 252 g/mol. The van der Waals surface area contributed by atoms with E-state index in [-0.39, 0.29) is 5.79 Å². The summed E-state index contributed by atoms with van der Waals surface area (Å²) in [6.07, 6.45) is 4.71. The van der Waals surface area contributed by atoms with E-state index >= 15 is 0 Å². The van der Waals surface area contributed by atoms with Gasteiger partial charge in [-0.2, -0.15) is 0 Å². The molecule has 1 fully saturated rings. The molecular weight excluding hydrogens is 228 g/mol. The second-order valence-electron chi connectivity index (χ2n) is 7.08. The van der Waals surface area contributed by atoms with Gasteiger partial charge in [-0.1, -0.05) is 36.8 Å². The molecule has 17 heavy (non-hydrogen) atoms. The van der Waals surface area contributed by atoms with Crippen molar-refractivity contribution in [1.29, 1.82) is 0 Å². The molecule has 1 saturated heterocycles. The molecule has 1 atom stereocenters. The zero-order valence-electron chi connectivity index (χ0n) is 11.3. The second kappa shape index (κ2) is 3.94. The average molecular weight is 252 g/mol. The summed E-state index contributed by atoms with van der Waals surface area (Å²) in [5.41, 5.74) is 3.44. The Balaban J connectivity index is 1.67. The highest BCUT2D eigenvalue weighted by Gasteiger charge is 2.45. The van der Waals surface area contributed by atoms with Crippen molar-refractivity contribution in [2.45, 2.75) is 57.2 Å². The van der Waals surface area contributed by atoms with Crippen LogP contribution in [-0.4, -0.2) is 27.1 Å². The quantitative estimate of drug-likeness (QED) is 0.552. The number of hydrogen-bond donors (Lipinski definition) is 0. The predicted octanol–water partition coefficient (Wildman–Crippen LogP) is 3.57. The Morgan fingerprint density at radius 1 is 1.24 bits per heavy atom. The van der Waals surface area contributed by atoms with Gasteiger partial charge in [0, 0.05) is 20.9 Å². The summed E-state index contributed by atoms with van der Waals surface area (Å²) in [5, 5.41) is 0. The topological polar surface area (TPSA) is 18.5 Å². The molecule has 0 N–H and O–H groups in total. The smallest absolute Gasteiger partial charge is 0.172 e. The fourth-order valence-electron chi connectivity index (χ4n) is 3.69. The van der Waals surface area contributed by atoms with Gasteiger partial charge in [-0.05, 0) is 18.8 Å². The minimum absolute atomic E-state index is 0.205. The second-order valence-corrected chi connectivity index (χ2v) is 12.6. The molecule has 1 aliphatic heterocycles. The highest BCUT2D eigenvalue weighted by atomic mass is 28.3. The molecule has 0 radical (unpaired) electrons. The molecule has 2 nitrogen and oxygen atoms in total. The van der Waals surface area contributed by atoms with Crippen molar-refractivity contribution < 1.29 is 9.47 Å². The molecule has 2 aliphatic carbocycles. The van der Waals surface area contributed by atoms with Gasteiger partial charge in [0.1, 0.15) is 0 Å². The third-order valence-corrected chi connectivity index (χ3v) is 6.09. The largest absolute Gasteiger partial charge is 0.347 e. The molecule has 3 aliphatic rings. The Kier molecular flexibility index (Phi) is 2.76. The van der Waals surface area contributed by atoms with Crippen LogP contribution in [0.1, 0.15) is 25.7 Å². The molecule has 0 aromatic carbocycles. The van der Waals surface area contributed by atoms with Crippen molar-refractivity contribution in [3.63, 3.8) is 0 Å². The molecule has 0 amide bonds. The first-order valence-corrected chi connectivity index (χ1v) is 10.7. The van der Waals surface area contributed by atoms with Crippen LogP contribution >= 0.6 is 0 Å². The van der Waals surface area contributed by atoms with Gasteiger partial charge >= 0.3 is 0 Å². The SMILES string of the molecule is C[Si](C)(C)CC1CC2=C1CCC1(C2)OCCO1. The van der Waals surface area contributed by atoms with Gasteiger partial charge in [0.25, 0.3) is 0 Å². The van der Waals surface area contributed by atoms with Crippen LogP contribution in [0.3, 0.4) is 0 Å². The van der Waals surface area contributed by atoms with E-state index in [1.807, 2.05) is 0 Å². The maximum Gasteiger partial charge on any atom is 0.172 e. The fourth-order valence-corrected chi connectivity index (χ4v) is 5.56. The standard InChI is InChI=1S/C14H24O2Si/c1-17(2,3)10-12-8-11-9-14(5-4-13(11)12)15-6-7-16-14/h12H,4-10H2,1-3H3. The van der Waals surface area contributed by atoms with E-state index in [9.17, 15) is 0 Å². The van der Waals surface area contributed by atoms with Crippen LogP contribution < -0.4 is 0 Å². The highest BCUT2D eigenvalue weighted by molar-refractivity contribution is 6.76. The van der Waals surface area contributed by atoms with E-state index in [4.69, 9.17) is 9.47 Å². The Bertz CT molecular complexity index is 348. The maximum absolute atomic E-state index is 5.82. The lowest BCUT2D eigenvalue weighted by molar-refractivity contribution is -0.166. The van der Waals surface area contributed by atoms with E-state index in [0.29, 0.717) is 0 Å². The van der Waals surface area contributed by atoms with Gasteiger partial charge in [-0.3, -0.25) is 0 Å².